The van der Waals surface area contributed by atoms with Gasteiger partial charge in [0, 0.05) is 17.1 Å². The lowest BCUT2D eigenvalue weighted by molar-refractivity contribution is 0.330. The molecule has 0 saturated carbocycles. The van der Waals surface area contributed by atoms with Gasteiger partial charge in [0.1, 0.15) is 11.5 Å². The lowest BCUT2D eigenvalue weighted by Gasteiger charge is -2.44. The first-order valence-electron chi connectivity index (χ1n) is 16.8. The Kier molecular flexibility index (Phi) is 6.67. The second-order valence-corrected chi connectivity index (χ2v) is 16.1. The van der Waals surface area contributed by atoms with Crippen LogP contribution in [0.2, 0.25) is 0 Å². The Morgan fingerprint density at radius 3 is 2.20 bits per heavy atom. The quantitative estimate of drug-likeness (QED) is 0.192. The molecule has 2 heterocycles. The minimum Gasteiger partial charge on any atom is -0.458 e. The number of nitrogens with zero attached hydrogens (tertiary/aromatic N) is 1. The molecule has 0 saturated heterocycles. The van der Waals surface area contributed by atoms with Crippen molar-refractivity contribution in [3.63, 3.8) is 0 Å². The van der Waals surface area contributed by atoms with Gasteiger partial charge in [0.25, 0.3) is 6.71 Å². The minimum atomic E-state index is 0.0581. The molecule has 44 heavy (non-hydrogen) atoms. The van der Waals surface area contributed by atoms with Gasteiger partial charge in [0.15, 0.2) is 0 Å². The van der Waals surface area contributed by atoms with Crippen LogP contribution in [0.4, 0.5) is 17.1 Å². The van der Waals surface area contributed by atoms with Crippen LogP contribution in [0.15, 0.2) is 66.7 Å². The van der Waals surface area contributed by atoms with Gasteiger partial charge in [-0.1, -0.05) is 92.1 Å². The molecule has 0 spiro atoms. The van der Waals surface area contributed by atoms with Crippen LogP contribution < -0.4 is 26.0 Å². The van der Waals surface area contributed by atoms with E-state index in [-0.39, 0.29) is 23.0 Å². The number of aryl methyl sites for hydroxylation is 2. The maximum atomic E-state index is 6.96. The Hall–Kier alpha value is -3.46. The summed E-state index contributed by atoms with van der Waals surface area (Å²) in [5.41, 5.74) is 15.1. The Labute approximate surface area is 265 Å². The molecule has 0 fully saturated rings. The van der Waals surface area contributed by atoms with E-state index in [4.69, 9.17) is 4.74 Å². The smallest absolute Gasteiger partial charge is 0.256 e. The highest BCUT2D eigenvalue weighted by molar-refractivity contribution is 6.99. The van der Waals surface area contributed by atoms with Crippen molar-refractivity contribution in [2.75, 3.05) is 4.90 Å². The summed E-state index contributed by atoms with van der Waals surface area (Å²) in [4.78, 5) is 2.53. The van der Waals surface area contributed by atoms with Crippen LogP contribution in [0.25, 0.3) is 0 Å². The summed E-state index contributed by atoms with van der Waals surface area (Å²) >= 11 is 0. The second-order valence-electron chi connectivity index (χ2n) is 16.1. The zero-order chi connectivity index (χ0) is 31.2. The first-order valence-corrected chi connectivity index (χ1v) is 16.8. The van der Waals surface area contributed by atoms with Crippen molar-refractivity contribution >= 4 is 40.2 Å². The number of ether oxygens (including phenoxy) is 1. The predicted molar refractivity (Wildman–Crippen MR) is 190 cm³/mol. The fourth-order valence-electron chi connectivity index (χ4n) is 7.93. The topological polar surface area (TPSA) is 12.5 Å². The standard InChI is InChI=1S/C41H48BNO/c1-10-11-14-27-21-28(39(3,4)5)23-29(22-27)43-34-16-13-12-15-32(34)42-33-24-30-31(41(8,9)18-17-40(30,6)7)25-36(33)44-37-20-26(2)19-35(43)38(37)42/h12-13,15-16,19-25H,10-11,14,17-18H2,1-9H3. The third-order valence-corrected chi connectivity index (χ3v) is 10.7. The molecule has 7 rings (SSSR count). The van der Waals surface area contributed by atoms with Gasteiger partial charge >= 0.3 is 0 Å². The maximum absolute atomic E-state index is 6.96. The number of benzene rings is 4. The molecule has 0 N–H and O–H groups in total. The van der Waals surface area contributed by atoms with Gasteiger partial charge in [0.05, 0.1) is 0 Å². The minimum absolute atomic E-state index is 0.0581. The van der Waals surface area contributed by atoms with E-state index in [9.17, 15) is 0 Å². The van der Waals surface area contributed by atoms with E-state index in [1.165, 1.54) is 87.0 Å². The molecule has 4 aromatic carbocycles. The lowest BCUT2D eigenvalue weighted by atomic mass is 9.33. The van der Waals surface area contributed by atoms with Crippen molar-refractivity contribution in [3.05, 3.63) is 94.5 Å². The van der Waals surface area contributed by atoms with Gasteiger partial charge in [0.2, 0.25) is 0 Å². The summed E-state index contributed by atoms with van der Waals surface area (Å²) in [6, 6.07) is 26.0. The largest absolute Gasteiger partial charge is 0.458 e. The van der Waals surface area contributed by atoms with Crippen molar-refractivity contribution in [1.29, 1.82) is 0 Å². The molecule has 3 heteroatoms. The van der Waals surface area contributed by atoms with Crippen molar-refractivity contribution in [2.24, 2.45) is 0 Å². The zero-order valence-electron chi connectivity index (χ0n) is 28.3. The Morgan fingerprint density at radius 1 is 0.795 bits per heavy atom. The van der Waals surface area contributed by atoms with Gasteiger partial charge in [-0.2, -0.15) is 0 Å². The van der Waals surface area contributed by atoms with Crippen molar-refractivity contribution in [2.45, 2.75) is 111 Å². The molecule has 4 aromatic rings. The summed E-state index contributed by atoms with van der Waals surface area (Å²) in [7, 11) is 0. The number of fused-ring (bicyclic) bond motifs is 5. The molecule has 0 atom stereocenters. The van der Waals surface area contributed by atoms with Gasteiger partial charge in [-0.25, -0.2) is 0 Å². The van der Waals surface area contributed by atoms with Crippen molar-refractivity contribution in [1.82, 2.24) is 0 Å². The molecule has 0 amide bonds. The molecule has 3 aliphatic rings. The van der Waals surface area contributed by atoms with E-state index < -0.39 is 0 Å². The van der Waals surface area contributed by atoms with E-state index in [0.29, 0.717) is 0 Å². The molecule has 226 valence electrons. The van der Waals surface area contributed by atoms with E-state index in [1.807, 2.05) is 0 Å². The summed E-state index contributed by atoms with van der Waals surface area (Å²) < 4.78 is 6.96. The van der Waals surface area contributed by atoms with E-state index >= 15 is 0 Å². The van der Waals surface area contributed by atoms with Crippen LogP contribution in [-0.4, -0.2) is 6.71 Å². The normalized spacial score (nSPS) is 17.3. The third kappa shape index (κ3) is 4.61. The van der Waals surface area contributed by atoms with Crippen LogP contribution in [0.3, 0.4) is 0 Å². The fourth-order valence-corrected chi connectivity index (χ4v) is 7.93. The molecular formula is C41H48BNO. The van der Waals surface area contributed by atoms with E-state index in [1.54, 1.807) is 0 Å². The number of rotatable bonds is 4. The Balaban J connectivity index is 1.49. The third-order valence-electron chi connectivity index (χ3n) is 10.7. The van der Waals surface area contributed by atoms with Gasteiger partial charge in [-0.15, -0.1) is 0 Å². The van der Waals surface area contributed by atoms with Crippen molar-refractivity contribution < 1.29 is 4.74 Å². The van der Waals surface area contributed by atoms with Gasteiger partial charge in [-0.3, -0.25) is 0 Å². The average Bonchev–Trinajstić information content (AvgIpc) is 2.97. The first-order chi connectivity index (χ1) is 20.8. The molecule has 1 aliphatic carbocycles. The number of anilines is 3. The molecule has 0 radical (unpaired) electrons. The van der Waals surface area contributed by atoms with Crippen LogP contribution >= 0.6 is 0 Å². The van der Waals surface area contributed by atoms with Crippen LogP contribution in [-0.2, 0) is 22.7 Å². The second kappa shape index (κ2) is 10.0. The monoisotopic (exact) mass is 581 g/mol. The summed E-state index contributed by atoms with van der Waals surface area (Å²) in [6.07, 6.45) is 5.90. The molecule has 2 nitrogen and oxygen atoms in total. The highest BCUT2D eigenvalue weighted by atomic mass is 16.5. The Morgan fingerprint density at radius 2 is 1.50 bits per heavy atom. The van der Waals surface area contributed by atoms with E-state index in [0.717, 1.165) is 17.9 Å². The molecule has 2 aliphatic heterocycles. The summed E-state index contributed by atoms with van der Waals surface area (Å²) in [6.45, 7) is 21.3. The fraction of sp³-hybridized carbons (Fsp3) is 0.415. The predicted octanol–water partition coefficient (Wildman–Crippen LogP) is 9.39. The van der Waals surface area contributed by atoms with Crippen LogP contribution in [0, 0.1) is 6.92 Å². The zero-order valence-corrected chi connectivity index (χ0v) is 28.3. The number of hydrogen-bond acceptors (Lipinski definition) is 2. The number of para-hydroxylation sites is 1. The molecular weight excluding hydrogens is 533 g/mol. The average molecular weight is 582 g/mol. The lowest BCUT2D eigenvalue weighted by Crippen LogP contribution is -2.60. The number of unbranched alkanes of at least 4 members (excludes halogenated alkanes) is 1. The number of hydrogen-bond donors (Lipinski definition) is 0. The van der Waals surface area contributed by atoms with Gasteiger partial charge < -0.3 is 9.64 Å². The van der Waals surface area contributed by atoms with Gasteiger partial charge in [-0.05, 0) is 129 Å². The van der Waals surface area contributed by atoms with Crippen molar-refractivity contribution in [3.8, 4) is 11.5 Å². The van der Waals surface area contributed by atoms with Crippen LogP contribution in [0.5, 0.6) is 11.5 Å². The SMILES string of the molecule is CCCCc1cc(N2c3ccccc3B3c4cc5c(cc4Oc4cc(C)cc2c43)C(C)(C)CCC5(C)C)cc(C(C)(C)C)c1. The maximum Gasteiger partial charge on any atom is 0.256 e. The molecule has 0 aromatic heterocycles. The molecule has 0 bridgehead atoms. The van der Waals surface area contributed by atoms with E-state index in [2.05, 4.69) is 134 Å². The highest BCUT2D eigenvalue weighted by Crippen LogP contribution is 2.48. The van der Waals surface area contributed by atoms with Crippen LogP contribution in [0.1, 0.15) is 109 Å². The summed E-state index contributed by atoms with van der Waals surface area (Å²) in [5.74, 6) is 2.03. The first kappa shape index (κ1) is 29.3. The Bertz CT molecular complexity index is 1790. The highest BCUT2D eigenvalue weighted by Gasteiger charge is 2.45. The molecule has 0 unspecified atom stereocenters. The summed E-state index contributed by atoms with van der Waals surface area (Å²) in [5, 5.41) is 0.